The molecule has 8 heteroatoms. The number of anilines is 1. The number of benzene rings is 1. The Hall–Kier alpha value is -1.54. The standard InChI is InChI=1S/C11H14F2N2O3S/c1-7(14)6-10(16)15-8-2-4-9(5-3-8)19(17,18)11(12)13/h2-5,7,11H,6,14H2,1H3,(H,15,16). The predicted octanol–water partition coefficient (Wildman–Crippen LogP) is 1.36. The van der Waals surface area contributed by atoms with Crippen LogP contribution >= 0.6 is 0 Å². The number of hydrogen-bond donors (Lipinski definition) is 2. The number of rotatable bonds is 5. The zero-order valence-electron chi connectivity index (χ0n) is 10.1. The molecule has 0 spiro atoms. The van der Waals surface area contributed by atoms with Crippen molar-refractivity contribution in [3.8, 4) is 0 Å². The average Bonchev–Trinajstić information content (AvgIpc) is 2.28. The van der Waals surface area contributed by atoms with E-state index in [1.807, 2.05) is 0 Å². The van der Waals surface area contributed by atoms with Crippen molar-refractivity contribution in [3.05, 3.63) is 24.3 Å². The third-order valence-electron chi connectivity index (χ3n) is 2.21. The fourth-order valence-electron chi connectivity index (χ4n) is 1.34. The van der Waals surface area contributed by atoms with Gasteiger partial charge in [0.1, 0.15) is 0 Å². The molecule has 1 unspecified atom stereocenters. The van der Waals surface area contributed by atoms with Gasteiger partial charge in [0.15, 0.2) is 0 Å². The molecule has 0 saturated heterocycles. The van der Waals surface area contributed by atoms with Crippen molar-refractivity contribution in [1.82, 2.24) is 0 Å². The summed E-state index contributed by atoms with van der Waals surface area (Å²) in [4.78, 5) is 10.9. The maximum absolute atomic E-state index is 12.3. The van der Waals surface area contributed by atoms with Gasteiger partial charge in [0.2, 0.25) is 15.7 Å². The van der Waals surface area contributed by atoms with E-state index < -0.39 is 20.5 Å². The molecular formula is C11H14F2N2O3S. The largest absolute Gasteiger partial charge is 0.341 e. The molecule has 0 aliphatic carbocycles. The molecule has 3 N–H and O–H groups in total. The topological polar surface area (TPSA) is 89.3 Å². The van der Waals surface area contributed by atoms with Crippen LogP contribution in [0.25, 0.3) is 0 Å². The Morgan fingerprint density at radius 1 is 1.32 bits per heavy atom. The first-order valence-electron chi connectivity index (χ1n) is 5.41. The molecule has 5 nitrogen and oxygen atoms in total. The molecule has 0 bridgehead atoms. The highest BCUT2D eigenvalue weighted by Gasteiger charge is 2.26. The molecule has 19 heavy (non-hydrogen) atoms. The van der Waals surface area contributed by atoms with Crippen molar-refractivity contribution in [3.63, 3.8) is 0 Å². The van der Waals surface area contributed by atoms with Gasteiger partial charge in [-0.15, -0.1) is 0 Å². The van der Waals surface area contributed by atoms with Crippen molar-refractivity contribution in [2.75, 3.05) is 5.32 Å². The summed E-state index contributed by atoms with van der Waals surface area (Å²) >= 11 is 0. The number of nitrogens with one attached hydrogen (secondary N) is 1. The summed E-state index contributed by atoms with van der Waals surface area (Å²) in [7, 11) is -4.61. The number of carbonyl (C=O) groups is 1. The van der Waals surface area contributed by atoms with Crippen molar-refractivity contribution < 1.29 is 22.0 Å². The molecule has 0 fully saturated rings. The lowest BCUT2D eigenvalue weighted by Crippen LogP contribution is -2.24. The zero-order chi connectivity index (χ0) is 14.6. The molecule has 0 aromatic heterocycles. The fourth-order valence-corrected chi connectivity index (χ4v) is 2.06. The highest BCUT2D eigenvalue weighted by atomic mass is 32.2. The normalized spacial score (nSPS) is 13.3. The molecule has 1 aromatic carbocycles. The second kappa shape index (κ2) is 6.07. The minimum absolute atomic E-state index is 0.108. The number of sulfone groups is 1. The maximum Gasteiger partial charge on any atom is 0.341 e. The van der Waals surface area contributed by atoms with Crippen molar-refractivity contribution >= 4 is 21.4 Å². The van der Waals surface area contributed by atoms with Gasteiger partial charge in [-0.2, -0.15) is 8.78 Å². The average molecular weight is 292 g/mol. The van der Waals surface area contributed by atoms with Gasteiger partial charge in [0.05, 0.1) is 4.90 Å². The van der Waals surface area contributed by atoms with E-state index >= 15 is 0 Å². The predicted molar refractivity (Wildman–Crippen MR) is 66.5 cm³/mol. The Labute approximate surface area is 109 Å². The summed E-state index contributed by atoms with van der Waals surface area (Å²) in [5.41, 5.74) is 5.76. The van der Waals surface area contributed by atoms with Crippen LogP contribution in [0.5, 0.6) is 0 Å². The van der Waals surface area contributed by atoms with Gasteiger partial charge in [-0.3, -0.25) is 4.79 Å². The fraction of sp³-hybridized carbons (Fsp3) is 0.364. The Morgan fingerprint density at radius 3 is 2.26 bits per heavy atom. The molecule has 1 aromatic rings. The monoisotopic (exact) mass is 292 g/mol. The number of alkyl halides is 2. The van der Waals surface area contributed by atoms with Crippen molar-refractivity contribution in [1.29, 1.82) is 0 Å². The Bertz CT molecular complexity index is 542. The summed E-state index contributed by atoms with van der Waals surface area (Å²) < 4.78 is 46.9. The number of hydrogen-bond acceptors (Lipinski definition) is 4. The zero-order valence-corrected chi connectivity index (χ0v) is 11.0. The van der Waals surface area contributed by atoms with Gasteiger partial charge in [-0.05, 0) is 31.2 Å². The summed E-state index contributed by atoms with van der Waals surface area (Å²) in [6.45, 7) is 1.66. The van der Waals surface area contributed by atoms with Gasteiger partial charge in [-0.25, -0.2) is 8.42 Å². The molecular weight excluding hydrogens is 278 g/mol. The third-order valence-corrected chi connectivity index (χ3v) is 3.61. The van der Waals surface area contributed by atoms with Crippen LogP contribution in [-0.2, 0) is 14.6 Å². The first-order chi connectivity index (χ1) is 8.73. The molecule has 0 radical (unpaired) electrons. The molecule has 1 rings (SSSR count). The van der Waals surface area contributed by atoms with E-state index in [1.54, 1.807) is 6.92 Å². The smallest absolute Gasteiger partial charge is 0.327 e. The highest BCUT2D eigenvalue weighted by molar-refractivity contribution is 7.91. The van der Waals surface area contributed by atoms with Crippen LogP contribution in [0.1, 0.15) is 13.3 Å². The van der Waals surface area contributed by atoms with Crippen LogP contribution in [0, 0.1) is 0 Å². The molecule has 0 aliphatic heterocycles. The Kier molecular flexibility index (Phi) is 4.96. The van der Waals surface area contributed by atoms with Crippen LogP contribution in [0.15, 0.2) is 29.2 Å². The molecule has 106 valence electrons. The summed E-state index contributed by atoms with van der Waals surface area (Å²) in [5.74, 6) is -3.80. The van der Waals surface area contributed by atoms with E-state index in [0.29, 0.717) is 5.69 Å². The van der Waals surface area contributed by atoms with E-state index in [0.717, 1.165) is 12.1 Å². The van der Waals surface area contributed by atoms with Crippen LogP contribution in [0.4, 0.5) is 14.5 Å². The minimum Gasteiger partial charge on any atom is -0.327 e. The molecule has 0 heterocycles. The second-order valence-corrected chi connectivity index (χ2v) is 5.98. The van der Waals surface area contributed by atoms with Crippen LogP contribution in [-0.4, -0.2) is 26.1 Å². The van der Waals surface area contributed by atoms with E-state index in [9.17, 15) is 22.0 Å². The lowest BCUT2D eigenvalue weighted by Gasteiger charge is -2.08. The quantitative estimate of drug-likeness (QED) is 0.857. The SMILES string of the molecule is CC(N)CC(=O)Nc1ccc(S(=O)(=O)C(F)F)cc1. The summed E-state index contributed by atoms with van der Waals surface area (Å²) in [6.07, 6.45) is 0.108. The number of carbonyl (C=O) groups excluding carboxylic acids is 1. The van der Waals surface area contributed by atoms with Gasteiger partial charge in [0.25, 0.3) is 0 Å². The highest BCUT2D eigenvalue weighted by Crippen LogP contribution is 2.20. The second-order valence-electron chi connectivity index (χ2n) is 4.06. The van der Waals surface area contributed by atoms with Crippen molar-refractivity contribution in [2.24, 2.45) is 5.73 Å². The van der Waals surface area contributed by atoms with Crippen molar-refractivity contribution in [2.45, 2.75) is 30.0 Å². The molecule has 1 atom stereocenters. The van der Waals surface area contributed by atoms with Crippen LogP contribution in [0.2, 0.25) is 0 Å². The van der Waals surface area contributed by atoms with Gasteiger partial charge in [-0.1, -0.05) is 0 Å². The van der Waals surface area contributed by atoms with E-state index in [-0.39, 0.29) is 18.4 Å². The van der Waals surface area contributed by atoms with Gasteiger partial charge >= 0.3 is 5.76 Å². The lowest BCUT2D eigenvalue weighted by atomic mass is 10.2. The molecule has 1 amide bonds. The van der Waals surface area contributed by atoms with E-state index in [1.165, 1.54) is 12.1 Å². The molecule has 0 aliphatic rings. The molecule has 0 saturated carbocycles. The van der Waals surface area contributed by atoms with Gasteiger partial charge < -0.3 is 11.1 Å². The maximum atomic E-state index is 12.3. The number of nitrogens with two attached hydrogens (primary N) is 1. The first kappa shape index (κ1) is 15.5. The Morgan fingerprint density at radius 2 is 1.84 bits per heavy atom. The minimum atomic E-state index is -4.61. The van der Waals surface area contributed by atoms with Crippen LogP contribution in [0.3, 0.4) is 0 Å². The summed E-state index contributed by atoms with van der Waals surface area (Å²) in [6, 6.07) is 4.22. The Balaban J connectivity index is 2.81. The lowest BCUT2D eigenvalue weighted by molar-refractivity contribution is -0.116. The van der Waals surface area contributed by atoms with Gasteiger partial charge in [0, 0.05) is 18.2 Å². The van der Waals surface area contributed by atoms with E-state index in [2.05, 4.69) is 5.32 Å². The summed E-state index contributed by atoms with van der Waals surface area (Å²) in [5, 5.41) is 2.48. The third kappa shape index (κ3) is 4.25. The number of amides is 1. The van der Waals surface area contributed by atoms with E-state index in [4.69, 9.17) is 5.73 Å². The number of halogens is 2. The van der Waals surface area contributed by atoms with Crippen LogP contribution < -0.4 is 11.1 Å². The first-order valence-corrected chi connectivity index (χ1v) is 6.95.